The van der Waals surface area contributed by atoms with Crippen molar-refractivity contribution in [2.24, 2.45) is 0 Å². The van der Waals surface area contributed by atoms with Crippen LogP contribution < -0.4 is 10.4 Å². The van der Waals surface area contributed by atoms with E-state index >= 15 is 0 Å². The summed E-state index contributed by atoms with van der Waals surface area (Å²) in [6, 6.07) is 23.2. The Balaban J connectivity index is 2.16. The first-order valence-corrected chi connectivity index (χ1v) is 21.3. The van der Waals surface area contributed by atoms with Gasteiger partial charge in [0.1, 0.15) is 7.59 Å². The number of benzene rings is 2. The fourth-order valence-electron chi connectivity index (χ4n) is 5.06. The Morgan fingerprint density at radius 2 is 1.11 bits per heavy atom. The van der Waals surface area contributed by atoms with E-state index < -0.39 is 22.3 Å². The van der Waals surface area contributed by atoms with E-state index in [4.69, 9.17) is 0 Å². The molecule has 1 aliphatic rings. The van der Waals surface area contributed by atoms with Gasteiger partial charge in [-0.15, -0.1) is 0 Å². The van der Waals surface area contributed by atoms with Gasteiger partial charge >= 0.3 is 0 Å². The highest BCUT2D eigenvalue weighted by Gasteiger charge is 2.57. The van der Waals surface area contributed by atoms with Gasteiger partial charge in [-0.1, -0.05) is 110 Å². The van der Waals surface area contributed by atoms with E-state index in [2.05, 4.69) is 98.3 Å². The van der Waals surface area contributed by atoms with E-state index in [0.29, 0.717) is 0 Å². The summed E-state index contributed by atoms with van der Waals surface area (Å²) in [7, 11) is -4.72. The van der Waals surface area contributed by atoms with E-state index in [1.807, 2.05) is 0 Å². The maximum absolute atomic E-state index is 2.85. The second kappa shape index (κ2) is 8.19. The summed E-state index contributed by atoms with van der Waals surface area (Å²) in [6.07, 6.45) is 5.61. The molecule has 1 saturated heterocycles. The molecule has 2 aromatic rings. The second-order valence-corrected chi connectivity index (χ2v) is 36.3. The van der Waals surface area contributed by atoms with E-state index in [0.717, 1.165) is 0 Å². The highest BCUT2D eigenvalue weighted by atomic mass is 29.6. The van der Waals surface area contributed by atoms with Crippen LogP contribution in [0.3, 0.4) is 0 Å². The molecule has 0 spiro atoms. The zero-order chi connectivity index (χ0) is 19.5. The van der Waals surface area contributed by atoms with E-state index in [9.17, 15) is 0 Å². The maximum Gasteiger partial charge on any atom is 0.107 e. The van der Waals surface area contributed by atoms with Crippen LogP contribution in [0.5, 0.6) is 0 Å². The Morgan fingerprint density at radius 1 is 0.667 bits per heavy atom. The Labute approximate surface area is 169 Å². The molecule has 1 aliphatic heterocycles. The zero-order valence-electron chi connectivity index (χ0n) is 18.0. The smallest absolute Gasteiger partial charge is 0.107 e. The Bertz CT molecular complexity index is 681. The van der Waals surface area contributed by atoms with Gasteiger partial charge in [0.15, 0.2) is 0 Å². The molecule has 4 heteroatoms. The predicted molar refractivity (Wildman–Crippen MR) is 129 cm³/mol. The number of nitrogens with zero attached hydrogens (tertiary/aromatic N) is 1. The van der Waals surface area contributed by atoms with Gasteiger partial charge in [0.2, 0.25) is 0 Å². The van der Waals surface area contributed by atoms with Crippen molar-refractivity contribution >= 4 is 32.7 Å². The average molecular weight is 412 g/mol. The largest absolute Gasteiger partial charge is 0.307 e. The molecule has 3 rings (SSSR count). The van der Waals surface area contributed by atoms with Crippen molar-refractivity contribution in [3.05, 3.63) is 60.7 Å². The van der Waals surface area contributed by atoms with E-state index in [-0.39, 0.29) is 0 Å². The summed E-state index contributed by atoms with van der Waals surface area (Å²) >= 11 is 0. The molecule has 1 nitrogen and oxygen atoms in total. The van der Waals surface area contributed by atoms with Gasteiger partial charge in [-0.05, 0) is 32.1 Å². The molecule has 0 radical (unpaired) electrons. The molecule has 0 bridgehead atoms. The third kappa shape index (κ3) is 3.95. The Kier molecular flexibility index (Phi) is 6.31. The molecule has 0 unspecified atom stereocenters. The predicted octanol–water partition coefficient (Wildman–Crippen LogP) is 4.48. The highest BCUT2D eigenvalue weighted by molar-refractivity contribution is 7.73. The van der Waals surface area contributed by atoms with Crippen molar-refractivity contribution in [1.82, 2.24) is 4.90 Å². The van der Waals surface area contributed by atoms with Crippen LogP contribution in [0, 0.1) is 0 Å². The third-order valence-corrected chi connectivity index (χ3v) is 47.5. The minimum Gasteiger partial charge on any atom is -0.307 e. The Morgan fingerprint density at radius 3 is 1.52 bits per heavy atom. The van der Waals surface area contributed by atoms with Crippen LogP contribution in [0.15, 0.2) is 60.7 Å². The summed E-state index contributed by atoms with van der Waals surface area (Å²) in [6.45, 7) is 16.1. The fraction of sp³-hybridized carbons (Fsp3) is 0.478. The molecule has 2 aromatic carbocycles. The maximum atomic E-state index is 2.85. The van der Waals surface area contributed by atoms with Crippen LogP contribution in [0.2, 0.25) is 32.7 Å². The van der Waals surface area contributed by atoms with E-state index in [1.54, 1.807) is 10.4 Å². The van der Waals surface area contributed by atoms with Gasteiger partial charge < -0.3 is 4.90 Å². The van der Waals surface area contributed by atoms with Crippen molar-refractivity contribution in [3.8, 4) is 0 Å². The summed E-state index contributed by atoms with van der Waals surface area (Å²) in [5.41, 5.74) is 0. The first kappa shape index (κ1) is 20.8. The van der Waals surface area contributed by atoms with Crippen molar-refractivity contribution in [3.63, 3.8) is 0 Å². The first-order chi connectivity index (χ1) is 12.8. The lowest BCUT2D eigenvalue weighted by Crippen LogP contribution is -2.84. The second-order valence-electron chi connectivity index (χ2n) is 9.78. The number of hydrogen-bond donors (Lipinski definition) is 0. The van der Waals surface area contributed by atoms with Gasteiger partial charge in [-0.3, -0.25) is 0 Å². The third-order valence-electron chi connectivity index (χ3n) is 7.45. The van der Waals surface area contributed by atoms with Crippen LogP contribution in [-0.4, -0.2) is 46.4 Å². The summed E-state index contributed by atoms with van der Waals surface area (Å²) < 4.78 is 0. The topological polar surface area (TPSA) is 3.24 Å². The van der Waals surface area contributed by atoms with Crippen LogP contribution in [0.25, 0.3) is 0 Å². The molecular formula is C23H37NSi3. The molecule has 0 saturated carbocycles. The molecule has 0 N–H and O–H groups in total. The molecule has 0 aromatic heterocycles. The molecule has 1 fully saturated rings. The quantitative estimate of drug-likeness (QED) is 0.634. The van der Waals surface area contributed by atoms with Gasteiger partial charge in [0.05, 0.1) is 7.11 Å². The average Bonchev–Trinajstić information content (AvgIpc) is 2.68. The Hall–Kier alpha value is -0.949. The molecule has 27 heavy (non-hydrogen) atoms. The lowest BCUT2D eigenvalue weighted by atomic mass is 10.1. The lowest BCUT2D eigenvalue weighted by Gasteiger charge is -2.53. The van der Waals surface area contributed by atoms with Gasteiger partial charge in [0, 0.05) is 7.59 Å². The lowest BCUT2D eigenvalue weighted by molar-refractivity contribution is 0.261. The SMILES string of the molecule is C[Si](C)(C)[Si@@](C)(CN1CCCCC1)[Si](C)(c1ccccc1)c1ccccc1. The van der Waals surface area contributed by atoms with Crippen molar-refractivity contribution in [1.29, 1.82) is 0 Å². The van der Waals surface area contributed by atoms with Crippen LogP contribution >= 0.6 is 0 Å². The monoisotopic (exact) mass is 411 g/mol. The van der Waals surface area contributed by atoms with E-state index in [1.165, 1.54) is 38.5 Å². The fourth-order valence-corrected chi connectivity index (χ4v) is 41.0. The molecule has 1 heterocycles. The zero-order valence-corrected chi connectivity index (χ0v) is 21.0. The molecule has 1 atom stereocenters. The molecule has 146 valence electrons. The minimum absolute atomic E-state index is 1.32. The molecular weight excluding hydrogens is 375 g/mol. The number of rotatable bonds is 6. The highest BCUT2D eigenvalue weighted by Crippen LogP contribution is 2.31. The standard InChI is InChI=1S/C23H37NSi3/c1-25(2,3)26(4,21-24-19-13-8-14-20-24)27(5,22-15-9-6-10-16-22)23-17-11-7-12-18-23/h6-7,9-12,15-18H,8,13-14,19-21H2,1-5H3/t26-/m1/s1. The molecule has 0 aliphatic carbocycles. The first-order valence-electron chi connectivity index (χ1n) is 10.6. The normalized spacial score (nSPS) is 18.9. The summed E-state index contributed by atoms with van der Waals surface area (Å²) in [5.74, 6) is 0. The molecule has 0 amide bonds. The van der Waals surface area contributed by atoms with Crippen LogP contribution in [0.4, 0.5) is 0 Å². The summed E-state index contributed by atoms with van der Waals surface area (Å²) in [4.78, 5) is 2.85. The van der Waals surface area contributed by atoms with Crippen LogP contribution in [-0.2, 0) is 0 Å². The summed E-state index contributed by atoms with van der Waals surface area (Å²) in [5, 5.41) is 3.31. The van der Waals surface area contributed by atoms with Crippen molar-refractivity contribution < 1.29 is 0 Å². The van der Waals surface area contributed by atoms with Gasteiger partial charge in [-0.2, -0.15) is 0 Å². The minimum atomic E-state index is -1.82. The number of hydrogen-bond acceptors (Lipinski definition) is 1. The number of likely N-dealkylation sites (tertiary alicyclic amines) is 1. The van der Waals surface area contributed by atoms with Crippen molar-refractivity contribution in [2.75, 3.05) is 19.3 Å². The van der Waals surface area contributed by atoms with Gasteiger partial charge in [-0.25, -0.2) is 0 Å². The number of piperidine rings is 1. The van der Waals surface area contributed by atoms with Gasteiger partial charge in [0.25, 0.3) is 0 Å². The van der Waals surface area contributed by atoms with Crippen molar-refractivity contribution in [2.45, 2.75) is 52.0 Å². The van der Waals surface area contributed by atoms with Crippen LogP contribution in [0.1, 0.15) is 19.3 Å².